The van der Waals surface area contributed by atoms with E-state index >= 15 is 0 Å². The van der Waals surface area contributed by atoms with Crippen LogP contribution < -0.4 is 0 Å². The summed E-state index contributed by atoms with van der Waals surface area (Å²) < 4.78 is 23.5. The van der Waals surface area contributed by atoms with Gasteiger partial charge in [0.1, 0.15) is 0 Å². The van der Waals surface area contributed by atoms with E-state index in [2.05, 4.69) is 11.4 Å². The predicted molar refractivity (Wildman–Crippen MR) is 72.0 cm³/mol. The fraction of sp³-hybridized carbons (Fsp3) is 0.818. The largest absolute Gasteiger partial charge is 0.392 e. The van der Waals surface area contributed by atoms with Gasteiger partial charge in [-0.05, 0) is 39.1 Å². The normalized spacial score (nSPS) is 20.9. The van der Waals surface area contributed by atoms with Crippen molar-refractivity contribution in [3.63, 3.8) is 0 Å². The molecule has 6 heteroatoms. The Kier molecular flexibility index (Phi) is 6.04. The molecule has 1 aliphatic heterocycles. The molecular weight excluding hydrogens is 252 g/mol. The molecule has 17 heavy (non-hydrogen) atoms. The van der Waals surface area contributed by atoms with Gasteiger partial charge in [-0.3, -0.25) is 0 Å². The Balaban J connectivity index is 2.77. The summed E-state index contributed by atoms with van der Waals surface area (Å²) in [5, 5.41) is 0. The van der Waals surface area contributed by atoms with E-state index in [4.69, 9.17) is 17.7 Å². The zero-order valence-corrected chi connectivity index (χ0v) is 13.3. The van der Waals surface area contributed by atoms with Crippen LogP contribution in [0.5, 0.6) is 0 Å². The van der Waals surface area contributed by atoms with E-state index in [1.807, 2.05) is 27.7 Å². The Morgan fingerprint density at radius 1 is 0.706 bits per heavy atom. The molecule has 0 fully saturated rings. The second kappa shape index (κ2) is 6.82. The maximum Gasteiger partial charge on any atom is 0.366 e. The summed E-state index contributed by atoms with van der Waals surface area (Å²) in [4.78, 5) is 0. The number of hydrogen-bond acceptors (Lipinski definition) is 4. The Bertz CT molecular complexity index is 222. The van der Waals surface area contributed by atoms with Gasteiger partial charge in [0.2, 0.25) is 0 Å². The number of hydrogen-bond donors (Lipinski definition) is 0. The van der Waals surface area contributed by atoms with Crippen LogP contribution in [0.1, 0.15) is 27.7 Å². The molecule has 0 aliphatic carbocycles. The fourth-order valence-corrected chi connectivity index (χ4v) is 12.0. The van der Waals surface area contributed by atoms with Crippen LogP contribution in [0.3, 0.4) is 0 Å². The van der Waals surface area contributed by atoms with Crippen LogP contribution in [0.25, 0.3) is 0 Å². The number of rotatable bonds is 8. The van der Waals surface area contributed by atoms with Gasteiger partial charge in [-0.25, -0.2) is 0 Å². The van der Waals surface area contributed by atoms with Crippen LogP contribution in [-0.4, -0.2) is 43.5 Å². The molecule has 0 bridgehead atoms. The summed E-state index contributed by atoms with van der Waals surface area (Å²) >= 11 is 0. The molecular formula is C11H24O4Si2. The lowest BCUT2D eigenvalue weighted by molar-refractivity contribution is 0.180. The van der Waals surface area contributed by atoms with Crippen molar-refractivity contribution in [2.24, 2.45) is 0 Å². The molecule has 1 heterocycles. The smallest absolute Gasteiger partial charge is 0.366 e. The fourth-order valence-electron chi connectivity index (χ4n) is 2.17. The molecule has 0 atom stereocenters. The Morgan fingerprint density at radius 2 is 1.00 bits per heavy atom. The van der Waals surface area contributed by atoms with Gasteiger partial charge < -0.3 is 17.7 Å². The Hall–Kier alpha value is 0.0138. The lowest BCUT2D eigenvalue weighted by Gasteiger charge is -2.29. The minimum atomic E-state index is -2.21. The SMILES string of the molecule is CCO[Si]1(OCC)C=C[Si](OCC)(OCC)C1. The second-order valence-corrected chi connectivity index (χ2v) is 10.3. The molecule has 0 radical (unpaired) electrons. The third-order valence-corrected chi connectivity index (χ3v) is 11.4. The highest BCUT2D eigenvalue weighted by Gasteiger charge is 2.53. The van der Waals surface area contributed by atoms with Crippen LogP contribution in [0.4, 0.5) is 0 Å². The maximum absolute atomic E-state index is 5.88. The topological polar surface area (TPSA) is 36.9 Å². The van der Waals surface area contributed by atoms with E-state index < -0.39 is 17.1 Å². The Labute approximate surface area is 106 Å². The van der Waals surface area contributed by atoms with Crippen molar-refractivity contribution < 1.29 is 17.7 Å². The van der Waals surface area contributed by atoms with Crippen LogP contribution in [0.15, 0.2) is 11.4 Å². The highest BCUT2D eigenvalue weighted by molar-refractivity contribution is 6.95. The van der Waals surface area contributed by atoms with Crippen molar-refractivity contribution in [3.8, 4) is 0 Å². The minimum absolute atomic E-state index is 0.680. The molecule has 0 aromatic heterocycles. The van der Waals surface area contributed by atoms with E-state index in [1.165, 1.54) is 0 Å². The summed E-state index contributed by atoms with van der Waals surface area (Å²) in [5.74, 6) is 0. The average Bonchev–Trinajstić information content (AvgIpc) is 2.60. The first-order valence-electron chi connectivity index (χ1n) is 6.42. The molecule has 1 aliphatic rings. The first-order chi connectivity index (χ1) is 8.16. The van der Waals surface area contributed by atoms with Crippen LogP contribution in [0, 0.1) is 0 Å². The molecule has 0 N–H and O–H groups in total. The van der Waals surface area contributed by atoms with Crippen LogP contribution >= 0.6 is 0 Å². The Morgan fingerprint density at radius 3 is 1.24 bits per heavy atom. The lowest BCUT2D eigenvalue weighted by Crippen LogP contribution is -2.48. The van der Waals surface area contributed by atoms with Crippen molar-refractivity contribution in [1.82, 2.24) is 0 Å². The highest BCUT2D eigenvalue weighted by atomic mass is 28.4. The van der Waals surface area contributed by atoms with Gasteiger partial charge >= 0.3 is 17.1 Å². The molecule has 0 amide bonds. The van der Waals surface area contributed by atoms with Gasteiger partial charge in [-0.15, -0.1) is 0 Å². The molecule has 0 unspecified atom stereocenters. The van der Waals surface area contributed by atoms with Crippen molar-refractivity contribution >= 4 is 17.1 Å². The zero-order chi connectivity index (χ0) is 12.8. The summed E-state index contributed by atoms with van der Waals surface area (Å²) in [6.45, 7) is 10.7. The van der Waals surface area contributed by atoms with Crippen LogP contribution in [0.2, 0.25) is 5.67 Å². The van der Waals surface area contributed by atoms with E-state index in [1.54, 1.807) is 0 Å². The summed E-state index contributed by atoms with van der Waals surface area (Å²) in [6.07, 6.45) is 0. The van der Waals surface area contributed by atoms with Gasteiger partial charge in [-0.1, -0.05) is 0 Å². The molecule has 100 valence electrons. The average molecular weight is 276 g/mol. The van der Waals surface area contributed by atoms with Crippen molar-refractivity contribution in [2.45, 2.75) is 33.4 Å². The van der Waals surface area contributed by atoms with Gasteiger partial charge in [0.15, 0.2) is 0 Å². The second-order valence-electron chi connectivity index (χ2n) is 3.87. The van der Waals surface area contributed by atoms with Crippen molar-refractivity contribution in [3.05, 3.63) is 11.4 Å². The van der Waals surface area contributed by atoms with E-state index in [0.29, 0.717) is 26.4 Å². The van der Waals surface area contributed by atoms with E-state index in [0.717, 1.165) is 5.67 Å². The van der Waals surface area contributed by atoms with Gasteiger partial charge in [0.05, 0.1) is 0 Å². The lowest BCUT2D eigenvalue weighted by atomic mass is 10.9. The first-order valence-corrected chi connectivity index (χ1v) is 10.6. The molecule has 0 saturated carbocycles. The molecule has 4 nitrogen and oxygen atoms in total. The van der Waals surface area contributed by atoms with Crippen LogP contribution in [-0.2, 0) is 17.7 Å². The standard InChI is InChI=1S/C11H24O4Si2/c1-5-12-16(13-6-2)9-10-17(11-16,14-7-3)15-8-4/h9-10H,5-8,11H2,1-4H3. The monoisotopic (exact) mass is 276 g/mol. The third kappa shape index (κ3) is 3.74. The first kappa shape index (κ1) is 15.1. The maximum atomic E-state index is 5.88. The highest BCUT2D eigenvalue weighted by Crippen LogP contribution is 2.32. The van der Waals surface area contributed by atoms with E-state index in [9.17, 15) is 0 Å². The molecule has 0 saturated heterocycles. The molecule has 0 aromatic rings. The van der Waals surface area contributed by atoms with Gasteiger partial charge in [-0.2, -0.15) is 0 Å². The molecule has 1 rings (SSSR count). The third-order valence-electron chi connectivity index (χ3n) is 2.64. The summed E-state index contributed by atoms with van der Waals surface area (Å²) in [6, 6.07) is 0. The van der Waals surface area contributed by atoms with Crippen molar-refractivity contribution in [2.75, 3.05) is 26.4 Å². The summed E-state index contributed by atoms with van der Waals surface area (Å²) in [5.41, 5.74) is 5.04. The predicted octanol–water partition coefficient (Wildman–Crippen LogP) is 2.20. The zero-order valence-electron chi connectivity index (χ0n) is 11.3. The summed E-state index contributed by atoms with van der Waals surface area (Å²) in [7, 11) is -4.42. The molecule has 0 spiro atoms. The van der Waals surface area contributed by atoms with E-state index in [-0.39, 0.29) is 0 Å². The van der Waals surface area contributed by atoms with Crippen molar-refractivity contribution in [1.29, 1.82) is 0 Å². The van der Waals surface area contributed by atoms with Gasteiger partial charge in [0, 0.05) is 32.1 Å². The minimum Gasteiger partial charge on any atom is -0.392 e. The molecule has 0 aromatic carbocycles. The quantitative estimate of drug-likeness (QED) is 0.637. The van der Waals surface area contributed by atoms with Gasteiger partial charge in [0.25, 0.3) is 0 Å².